The number of rotatable bonds is 4. The molecule has 0 fully saturated rings. The first-order chi connectivity index (χ1) is 9.08. The number of benzene rings is 2. The molecule has 0 heterocycles. The van der Waals surface area contributed by atoms with Gasteiger partial charge < -0.3 is 14.6 Å². The van der Waals surface area contributed by atoms with Crippen molar-refractivity contribution in [2.75, 3.05) is 7.11 Å². The fourth-order valence-electron chi connectivity index (χ4n) is 1.83. The summed E-state index contributed by atoms with van der Waals surface area (Å²) in [6, 6.07) is 10.5. The highest BCUT2D eigenvalue weighted by molar-refractivity contribution is 6.30. The lowest BCUT2D eigenvalue weighted by molar-refractivity contribution is 0.295. The molecule has 0 aromatic heterocycles. The van der Waals surface area contributed by atoms with Gasteiger partial charge in [-0.3, -0.25) is 0 Å². The predicted molar refractivity (Wildman–Crippen MR) is 75.2 cm³/mol. The molecule has 0 amide bonds. The summed E-state index contributed by atoms with van der Waals surface area (Å²) in [6.07, 6.45) is 0. The summed E-state index contributed by atoms with van der Waals surface area (Å²) in [6.45, 7) is 2.22. The minimum Gasteiger partial charge on any atom is -0.508 e. The number of halogens is 1. The Balaban J connectivity index is 2.16. The second-order valence-electron chi connectivity index (χ2n) is 4.25. The van der Waals surface area contributed by atoms with Crippen LogP contribution in [0, 0.1) is 6.92 Å². The Bertz CT molecular complexity index is 561. The van der Waals surface area contributed by atoms with Crippen molar-refractivity contribution in [3.05, 3.63) is 52.5 Å². The van der Waals surface area contributed by atoms with Crippen LogP contribution in [-0.2, 0) is 6.61 Å². The van der Waals surface area contributed by atoms with Gasteiger partial charge in [0.05, 0.1) is 7.11 Å². The minimum atomic E-state index is 0.188. The SMILES string of the molecule is COc1ccc(Cl)cc1COc1cc(C)cc(O)c1. The van der Waals surface area contributed by atoms with E-state index in [2.05, 4.69) is 0 Å². The van der Waals surface area contributed by atoms with E-state index in [9.17, 15) is 5.11 Å². The first kappa shape index (κ1) is 13.6. The first-order valence-electron chi connectivity index (χ1n) is 5.84. The van der Waals surface area contributed by atoms with Gasteiger partial charge in [-0.1, -0.05) is 11.6 Å². The zero-order valence-electron chi connectivity index (χ0n) is 10.8. The van der Waals surface area contributed by atoms with Crippen LogP contribution in [0.4, 0.5) is 0 Å². The number of hydrogen-bond donors (Lipinski definition) is 1. The third-order valence-electron chi connectivity index (χ3n) is 2.67. The average Bonchev–Trinajstić information content (AvgIpc) is 2.35. The molecule has 0 aliphatic heterocycles. The molecule has 4 heteroatoms. The van der Waals surface area contributed by atoms with Gasteiger partial charge in [-0.2, -0.15) is 0 Å². The smallest absolute Gasteiger partial charge is 0.125 e. The molecular formula is C15H15ClO3. The van der Waals surface area contributed by atoms with Gasteiger partial charge in [-0.05, 0) is 42.8 Å². The molecule has 2 aromatic carbocycles. The normalized spacial score (nSPS) is 10.3. The Labute approximate surface area is 117 Å². The van der Waals surface area contributed by atoms with E-state index in [0.29, 0.717) is 17.4 Å². The van der Waals surface area contributed by atoms with E-state index in [1.54, 1.807) is 37.4 Å². The molecule has 3 nitrogen and oxygen atoms in total. The summed E-state index contributed by atoms with van der Waals surface area (Å²) >= 11 is 5.95. The molecule has 19 heavy (non-hydrogen) atoms. The monoisotopic (exact) mass is 278 g/mol. The van der Waals surface area contributed by atoms with Crippen LogP contribution >= 0.6 is 11.6 Å². The van der Waals surface area contributed by atoms with Gasteiger partial charge in [-0.25, -0.2) is 0 Å². The lowest BCUT2D eigenvalue weighted by Gasteiger charge is -2.11. The van der Waals surface area contributed by atoms with E-state index >= 15 is 0 Å². The number of methoxy groups -OCH3 is 1. The zero-order valence-corrected chi connectivity index (χ0v) is 11.6. The highest BCUT2D eigenvalue weighted by atomic mass is 35.5. The molecule has 0 radical (unpaired) electrons. The number of phenolic OH excluding ortho intramolecular Hbond substituents is 1. The Hall–Kier alpha value is -1.87. The molecule has 0 atom stereocenters. The Kier molecular flexibility index (Phi) is 4.17. The standard InChI is InChI=1S/C15H15ClO3/c1-10-5-13(17)8-14(6-10)19-9-11-7-12(16)3-4-15(11)18-2/h3-8,17H,9H2,1-2H3. The minimum absolute atomic E-state index is 0.188. The van der Waals surface area contributed by atoms with E-state index in [1.807, 2.05) is 13.0 Å². The lowest BCUT2D eigenvalue weighted by Crippen LogP contribution is -1.99. The Morgan fingerprint density at radius 3 is 2.63 bits per heavy atom. The maximum absolute atomic E-state index is 9.51. The van der Waals surface area contributed by atoms with Crippen molar-refractivity contribution in [2.24, 2.45) is 0 Å². The number of aromatic hydroxyl groups is 1. The average molecular weight is 279 g/mol. The van der Waals surface area contributed by atoms with E-state index in [0.717, 1.165) is 16.9 Å². The molecule has 0 saturated carbocycles. The van der Waals surface area contributed by atoms with E-state index in [-0.39, 0.29) is 5.75 Å². The summed E-state index contributed by atoms with van der Waals surface area (Å²) in [4.78, 5) is 0. The predicted octanol–water partition coefficient (Wildman–Crippen LogP) is 3.94. The van der Waals surface area contributed by atoms with Gasteiger partial charge in [-0.15, -0.1) is 0 Å². The van der Waals surface area contributed by atoms with Crippen molar-refractivity contribution in [2.45, 2.75) is 13.5 Å². The molecule has 0 bridgehead atoms. The topological polar surface area (TPSA) is 38.7 Å². The van der Waals surface area contributed by atoms with Crippen LogP contribution in [0.25, 0.3) is 0 Å². The van der Waals surface area contributed by atoms with Crippen molar-refractivity contribution in [1.82, 2.24) is 0 Å². The van der Waals surface area contributed by atoms with E-state index in [1.165, 1.54) is 0 Å². The molecule has 0 aliphatic carbocycles. The second-order valence-corrected chi connectivity index (χ2v) is 4.69. The summed E-state index contributed by atoms with van der Waals surface area (Å²) in [5.74, 6) is 1.52. The summed E-state index contributed by atoms with van der Waals surface area (Å²) < 4.78 is 10.9. The highest BCUT2D eigenvalue weighted by Gasteiger charge is 2.06. The van der Waals surface area contributed by atoms with Crippen molar-refractivity contribution < 1.29 is 14.6 Å². The molecular weight excluding hydrogens is 264 g/mol. The fourth-order valence-corrected chi connectivity index (χ4v) is 2.03. The second kappa shape index (κ2) is 5.85. The largest absolute Gasteiger partial charge is 0.508 e. The zero-order chi connectivity index (χ0) is 13.8. The van der Waals surface area contributed by atoms with Crippen LogP contribution < -0.4 is 9.47 Å². The van der Waals surface area contributed by atoms with Crippen LogP contribution in [0.3, 0.4) is 0 Å². The Morgan fingerprint density at radius 1 is 1.16 bits per heavy atom. The van der Waals surface area contributed by atoms with Crippen molar-refractivity contribution in [1.29, 1.82) is 0 Å². The fraction of sp³-hybridized carbons (Fsp3) is 0.200. The molecule has 0 aliphatic rings. The highest BCUT2D eigenvalue weighted by Crippen LogP contribution is 2.26. The molecule has 100 valence electrons. The van der Waals surface area contributed by atoms with Gasteiger partial charge in [0.25, 0.3) is 0 Å². The first-order valence-corrected chi connectivity index (χ1v) is 6.22. The van der Waals surface area contributed by atoms with Crippen molar-refractivity contribution in [3.8, 4) is 17.2 Å². The lowest BCUT2D eigenvalue weighted by atomic mass is 10.2. The molecule has 1 N–H and O–H groups in total. The number of aryl methyl sites for hydroxylation is 1. The van der Waals surface area contributed by atoms with Gasteiger partial charge in [0.1, 0.15) is 23.9 Å². The van der Waals surface area contributed by atoms with Gasteiger partial charge in [0.15, 0.2) is 0 Å². The van der Waals surface area contributed by atoms with Gasteiger partial charge >= 0.3 is 0 Å². The van der Waals surface area contributed by atoms with Crippen LogP contribution in [0.15, 0.2) is 36.4 Å². The van der Waals surface area contributed by atoms with Gasteiger partial charge in [0.2, 0.25) is 0 Å². The van der Waals surface area contributed by atoms with Crippen molar-refractivity contribution in [3.63, 3.8) is 0 Å². The quantitative estimate of drug-likeness (QED) is 0.920. The van der Waals surface area contributed by atoms with Crippen LogP contribution in [-0.4, -0.2) is 12.2 Å². The van der Waals surface area contributed by atoms with Crippen LogP contribution in [0.2, 0.25) is 5.02 Å². The maximum atomic E-state index is 9.51. The number of hydrogen-bond acceptors (Lipinski definition) is 3. The molecule has 2 aromatic rings. The van der Waals surface area contributed by atoms with E-state index < -0.39 is 0 Å². The van der Waals surface area contributed by atoms with E-state index in [4.69, 9.17) is 21.1 Å². The number of ether oxygens (including phenoxy) is 2. The van der Waals surface area contributed by atoms with Crippen molar-refractivity contribution >= 4 is 11.6 Å². The maximum Gasteiger partial charge on any atom is 0.125 e. The molecule has 0 unspecified atom stereocenters. The summed E-state index contributed by atoms with van der Waals surface area (Å²) in [5, 5.41) is 10.1. The number of phenols is 1. The third kappa shape index (κ3) is 3.55. The molecule has 2 rings (SSSR count). The van der Waals surface area contributed by atoms with Crippen LogP contribution in [0.1, 0.15) is 11.1 Å². The van der Waals surface area contributed by atoms with Gasteiger partial charge in [0, 0.05) is 16.7 Å². The summed E-state index contributed by atoms with van der Waals surface area (Å²) in [5.41, 5.74) is 1.80. The van der Waals surface area contributed by atoms with Crippen LogP contribution in [0.5, 0.6) is 17.2 Å². The third-order valence-corrected chi connectivity index (χ3v) is 2.91. The Morgan fingerprint density at radius 2 is 1.95 bits per heavy atom. The molecule has 0 spiro atoms. The molecule has 0 saturated heterocycles. The summed E-state index contributed by atoms with van der Waals surface area (Å²) in [7, 11) is 1.60.